The van der Waals surface area contributed by atoms with Crippen LogP contribution in [0.2, 0.25) is 0 Å². The molecule has 0 aliphatic carbocycles. The van der Waals surface area contributed by atoms with E-state index in [-0.39, 0.29) is 35.7 Å². The molecule has 2 aromatic carbocycles. The molecule has 4 rings (SSSR count). The van der Waals surface area contributed by atoms with Gasteiger partial charge in [-0.2, -0.15) is 8.78 Å². The van der Waals surface area contributed by atoms with Crippen molar-refractivity contribution >= 4 is 17.5 Å². The van der Waals surface area contributed by atoms with Crippen LogP contribution in [0.5, 0.6) is 5.75 Å². The van der Waals surface area contributed by atoms with Gasteiger partial charge in [-0.25, -0.2) is 0 Å². The number of hydrogen-bond acceptors (Lipinski definition) is 5. The summed E-state index contributed by atoms with van der Waals surface area (Å²) in [6.45, 7) is 2.78. The Balaban J connectivity index is 1.35. The zero-order chi connectivity index (χ0) is 24.8. The van der Waals surface area contributed by atoms with E-state index < -0.39 is 12.5 Å². The van der Waals surface area contributed by atoms with Gasteiger partial charge in [-0.05, 0) is 49.6 Å². The fourth-order valence-corrected chi connectivity index (χ4v) is 4.60. The molecule has 2 aliphatic heterocycles. The maximum atomic E-state index is 13.0. The molecule has 2 atom stereocenters. The van der Waals surface area contributed by atoms with Crippen molar-refractivity contribution in [2.24, 2.45) is 5.92 Å². The standard InChI is InChI=1S/C26H31F2N3O4/c1-18(19-8-10-21(11-9-19)30-13-15-34-16-14-30)29-24(32)20-5-4-12-31(17-20)25(33)22-6-2-3-7-23(22)35-26(27)28/h2-3,6-11,18,20,26H,4-5,12-17H2,1H3,(H,29,32). The molecule has 2 amide bonds. The molecule has 35 heavy (non-hydrogen) atoms. The number of anilines is 1. The molecule has 2 aromatic rings. The monoisotopic (exact) mass is 487 g/mol. The van der Waals surface area contributed by atoms with E-state index in [1.165, 1.54) is 18.2 Å². The molecule has 2 aliphatic rings. The lowest BCUT2D eigenvalue weighted by Crippen LogP contribution is -2.46. The van der Waals surface area contributed by atoms with E-state index in [4.69, 9.17) is 4.74 Å². The molecule has 188 valence electrons. The molecule has 0 bridgehead atoms. The van der Waals surface area contributed by atoms with Gasteiger partial charge in [0.25, 0.3) is 5.91 Å². The van der Waals surface area contributed by atoms with Crippen molar-refractivity contribution in [1.82, 2.24) is 10.2 Å². The maximum Gasteiger partial charge on any atom is 0.387 e. The first-order valence-corrected chi connectivity index (χ1v) is 12.0. The Labute approximate surface area is 204 Å². The molecular weight excluding hydrogens is 456 g/mol. The third kappa shape index (κ3) is 6.28. The largest absolute Gasteiger partial charge is 0.434 e. The molecule has 2 saturated heterocycles. The number of hydrogen-bond donors (Lipinski definition) is 1. The van der Waals surface area contributed by atoms with E-state index in [1.54, 1.807) is 11.0 Å². The molecule has 0 saturated carbocycles. The number of rotatable bonds is 7. The van der Waals surface area contributed by atoms with Crippen LogP contribution in [0.25, 0.3) is 0 Å². The van der Waals surface area contributed by atoms with Crippen molar-refractivity contribution in [2.45, 2.75) is 32.4 Å². The Morgan fingerprint density at radius 3 is 2.49 bits per heavy atom. The summed E-state index contributed by atoms with van der Waals surface area (Å²) in [5.74, 6) is -1.06. The smallest absolute Gasteiger partial charge is 0.387 e. The fraction of sp³-hybridized carbons (Fsp3) is 0.462. The number of nitrogens with one attached hydrogen (secondary N) is 1. The molecule has 2 unspecified atom stereocenters. The average Bonchev–Trinajstić information content (AvgIpc) is 2.89. The third-order valence-electron chi connectivity index (χ3n) is 6.54. The second kappa shape index (κ2) is 11.5. The van der Waals surface area contributed by atoms with E-state index >= 15 is 0 Å². The summed E-state index contributed by atoms with van der Waals surface area (Å²) in [5.41, 5.74) is 2.20. The number of ether oxygens (including phenoxy) is 2. The van der Waals surface area contributed by atoms with Crippen LogP contribution >= 0.6 is 0 Å². The van der Waals surface area contributed by atoms with Gasteiger partial charge < -0.3 is 24.6 Å². The number of piperidine rings is 1. The van der Waals surface area contributed by atoms with Crippen LogP contribution < -0.4 is 15.0 Å². The first-order valence-electron chi connectivity index (χ1n) is 12.0. The summed E-state index contributed by atoms with van der Waals surface area (Å²) in [6.07, 6.45) is 1.32. The summed E-state index contributed by atoms with van der Waals surface area (Å²) < 4.78 is 35.4. The number of carbonyl (C=O) groups excluding carboxylic acids is 2. The summed E-state index contributed by atoms with van der Waals surface area (Å²) in [4.78, 5) is 29.9. The Bertz CT molecular complexity index is 1010. The molecule has 2 fully saturated rings. The van der Waals surface area contributed by atoms with Crippen molar-refractivity contribution in [3.05, 3.63) is 59.7 Å². The predicted octanol–water partition coefficient (Wildman–Crippen LogP) is 3.85. The first kappa shape index (κ1) is 24.9. The lowest BCUT2D eigenvalue weighted by atomic mass is 9.95. The van der Waals surface area contributed by atoms with E-state index in [0.717, 1.165) is 37.6 Å². The van der Waals surface area contributed by atoms with Crippen LogP contribution in [0, 0.1) is 5.92 Å². The lowest BCUT2D eigenvalue weighted by molar-refractivity contribution is -0.127. The summed E-state index contributed by atoms with van der Waals surface area (Å²) in [7, 11) is 0. The predicted molar refractivity (Wildman–Crippen MR) is 128 cm³/mol. The van der Waals surface area contributed by atoms with Gasteiger partial charge in [-0.15, -0.1) is 0 Å². The molecule has 0 radical (unpaired) electrons. The quantitative estimate of drug-likeness (QED) is 0.643. The molecule has 0 aromatic heterocycles. The Hall–Kier alpha value is -3.20. The summed E-state index contributed by atoms with van der Waals surface area (Å²) in [6, 6.07) is 13.9. The average molecular weight is 488 g/mol. The van der Waals surface area contributed by atoms with Gasteiger partial charge >= 0.3 is 6.61 Å². The Kier molecular flexibility index (Phi) is 8.17. The number of benzene rings is 2. The SMILES string of the molecule is CC(NC(=O)C1CCCN(C(=O)c2ccccc2OC(F)F)C1)c1ccc(N2CCOCC2)cc1. The fourth-order valence-electron chi connectivity index (χ4n) is 4.60. The number of amides is 2. The lowest BCUT2D eigenvalue weighted by Gasteiger charge is -2.33. The zero-order valence-electron chi connectivity index (χ0n) is 19.8. The highest BCUT2D eigenvalue weighted by atomic mass is 19.3. The van der Waals surface area contributed by atoms with E-state index in [0.29, 0.717) is 19.4 Å². The highest BCUT2D eigenvalue weighted by Gasteiger charge is 2.31. The Morgan fingerprint density at radius 2 is 1.77 bits per heavy atom. The number of carbonyl (C=O) groups is 2. The van der Waals surface area contributed by atoms with E-state index in [1.807, 2.05) is 19.1 Å². The van der Waals surface area contributed by atoms with Gasteiger partial charge in [-0.3, -0.25) is 9.59 Å². The van der Waals surface area contributed by atoms with Crippen molar-refractivity contribution in [2.75, 3.05) is 44.3 Å². The number of halogens is 2. The third-order valence-corrected chi connectivity index (χ3v) is 6.54. The van der Waals surface area contributed by atoms with Crippen molar-refractivity contribution < 1.29 is 27.8 Å². The van der Waals surface area contributed by atoms with Crippen molar-refractivity contribution in [3.63, 3.8) is 0 Å². The van der Waals surface area contributed by atoms with Crippen LogP contribution in [-0.2, 0) is 9.53 Å². The number of nitrogens with zero attached hydrogens (tertiary/aromatic N) is 2. The molecule has 2 heterocycles. The van der Waals surface area contributed by atoms with E-state index in [9.17, 15) is 18.4 Å². The van der Waals surface area contributed by atoms with Crippen LogP contribution in [0.4, 0.5) is 14.5 Å². The minimum atomic E-state index is -3.02. The van der Waals surface area contributed by atoms with Crippen LogP contribution in [0.1, 0.15) is 41.7 Å². The molecule has 1 N–H and O–H groups in total. The second-order valence-electron chi connectivity index (χ2n) is 8.89. The molecule has 9 heteroatoms. The maximum absolute atomic E-state index is 13.0. The number of para-hydroxylation sites is 1. The van der Waals surface area contributed by atoms with Gasteiger partial charge in [0.1, 0.15) is 5.75 Å². The van der Waals surface area contributed by atoms with Crippen molar-refractivity contribution in [3.8, 4) is 5.75 Å². The number of alkyl halides is 2. The molecule has 7 nitrogen and oxygen atoms in total. The van der Waals surface area contributed by atoms with Crippen LogP contribution in [-0.4, -0.2) is 62.7 Å². The molecular formula is C26H31F2N3O4. The summed E-state index contributed by atoms with van der Waals surface area (Å²) >= 11 is 0. The zero-order valence-corrected chi connectivity index (χ0v) is 19.8. The second-order valence-corrected chi connectivity index (χ2v) is 8.89. The Morgan fingerprint density at radius 1 is 1.06 bits per heavy atom. The topological polar surface area (TPSA) is 71.1 Å². The highest BCUT2D eigenvalue weighted by molar-refractivity contribution is 5.97. The highest BCUT2D eigenvalue weighted by Crippen LogP contribution is 2.26. The van der Waals surface area contributed by atoms with Gasteiger partial charge in [0.2, 0.25) is 5.91 Å². The first-order chi connectivity index (χ1) is 16.9. The number of morpholine rings is 1. The molecule has 0 spiro atoms. The van der Waals surface area contributed by atoms with Gasteiger partial charge in [0.05, 0.1) is 30.7 Å². The van der Waals surface area contributed by atoms with Crippen LogP contribution in [0.15, 0.2) is 48.5 Å². The van der Waals surface area contributed by atoms with Crippen molar-refractivity contribution in [1.29, 1.82) is 0 Å². The van der Waals surface area contributed by atoms with Gasteiger partial charge in [-0.1, -0.05) is 24.3 Å². The number of likely N-dealkylation sites (tertiary alicyclic amines) is 1. The van der Waals surface area contributed by atoms with Crippen LogP contribution in [0.3, 0.4) is 0 Å². The minimum absolute atomic E-state index is 0.0718. The normalized spacial score (nSPS) is 19.4. The van der Waals surface area contributed by atoms with Gasteiger partial charge in [0.15, 0.2) is 0 Å². The minimum Gasteiger partial charge on any atom is -0.434 e. The summed E-state index contributed by atoms with van der Waals surface area (Å²) in [5, 5.41) is 3.07. The van der Waals surface area contributed by atoms with Gasteiger partial charge in [0, 0.05) is 31.9 Å². The van der Waals surface area contributed by atoms with E-state index in [2.05, 4.69) is 27.1 Å².